The van der Waals surface area contributed by atoms with E-state index in [1.807, 2.05) is 24.3 Å². The van der Waals surface area contributed by atoms with Gasteiger partial charge in [-0.25, -0.2) is 4.68 Å². The third-order valence-electron chi connectivity index (χ3n) is 5.55. The highest BCUT2D eigenvalue weighted by molar-refractivity contribution is 7.98. The van der Waals surface area contributed by atoms with Crippen LogP contribution in [0.3, 0.4) is 0 Å². The van der Waals surface area contributed by atoms with Crippen molar-refractivity contribution >= 4 is 40.8 Å². The van der Waals surface area contributed by atoms with Crippen LogP contribution >= 0.6 is 23.4 Å². The fourth-order valence-electron chi connectivity index (χ4n) is 4.01. The van der Waals surface area contributed by atoms with Crippen LogP contribution < -0.4 is 5.32 Å². The van der Waals surface area contributed by atoms with Gasteiger partial charge >= 0.3 is 0 Å². The van der Waals surface area contributed by atoms with Gasteiger partial charge in [-0.3, -0.25) is 14.9 Å². The monoisotopic (exact) mass is 467 g/mol. The predicted octanol–water partition coefficient (Wildman–Crippen LogP) is 5.15. The lowest BCUT2D eigenvalue weighted by molar-refractivity contribution is -0.384. The average molecular weight is 468 g/mol. The number of hydrogen-bond acceptors (Lipinski definition) is 7. The van der Waals surface area contributed by atoms with E-state index in [4.69, 9.17) is 11.6 Å². The Hall–Kier alpha value is -3.17. The normalized spacial score (nSPS) is 17.5. The Morgan fingerprint density at radius 3 is 2.62 bits per heavy atom. The second-order valence-corrected chi connectivity index (χ2v) is 9.00. The summed E-state index contributed by atoms with van der Waals surface area (Å²) in [5.41, 5.74) is 3.39. The van der Waals surface area contributed by atoms with Gasteiger partial charge in [-0.2, -0.15) is 4.98 Å². The summed E-state index contributed by atoms with van der Waals surface area (Å²) >= 11 is 7.45. The van der Waals surface area contributed by atoms with Crippen molar-refractivity contribution < 1.29 is 9.72 Å². The van der Waals surface area contributed by atoms with Crippen LogP contribution in [0, 0.1) is 10.1 Å². The Bertz CT molecular complexity index is 1240. The van der Waals surface area contributed by atoms with Crippen molar-refractivity contribution in [1.82, 2.24) is 14.8 Å². The first kappa shape index (κ1) is 20.7. The largest absolute Gasteiger partial charge is 0.328 e. The number of Topliss-reactive ketones (excluding diaryl/α,β-unsaturated/α-hetero) is 1. The number of nitro benzene ring substituents is 1. The quantitative estimate of drug-likeness (QED) is 0.314. The first-order valence-electron chi connectivity index (χ1n) is 10.1. The molecule has 2 aromatic carbocycles. The number of nitro groups is 1. The third kappa shape index (κ3) is 3.89. The van der Waals surface area contributed by atoms with Crippen LogP contribution in [0.25, 0.3) is 0 Å². The van der Waals surface area contributed by atoms with E-state index in [1.165, 1.54) is 23.9 Å². The summed E-state index contributed by atoms with van der Waals surface area (Å²) in [6.07, 6.45) is 2.01. The molecule has 8 nitrogen and oxygen atoms in total. The van der Waals surface area contributed by atoms with E-state index in [2.05, 4.69) is 15.4 Å². The van der Waals surface area contributed by atoms with E-state index in [0.717, 1.165) is 29.7 Å². The van der Waals surface area contributed by atoms with Crippen molar-refractivity contribution in [1.29, 1.82) is 0 Å². The number of ketones is 1. The number of allylic oxidation sites excluding steroid dienone is 2. The molecule has 1 atom stereocenters. The van der Waals surface area contributed by atoms with Gasteiger partial charge in [0.05, 0.1) is 4.92 Å². The zero-order valence-electron chi connectivity index (χ0n) is 16.8. The van der Waals surface area contributed by atoms with Crippen LogP contribution in [0.15, 0.2) is 65.0 Å². The van der Waals surface area contributed by atoms with Crippen LogP contribution in [0.5, 0.6) is 0 Å². The van der Waals surface area contributed by atoms with Crippen LogP contribution in [0.1, 0.15) is 36.4 Å². The zero-order valence-corrected chi connectivity index (χ0v) is 18.4. The maximum Gasteiger partial charge on any atom is 0.269 e. The minimum absolute atomic E-state index is 0.00452. The highest BCUT2D eigenvalue weighted by atomic mass is 35.5. The van der Waals surface area contributed by atoms with Crippen LogP contribution in [-0.2, 0) is 10.5 Å². The summed E-state index contributed by atoms with van der Waals surface area (Å²) in [7, 11) is 0. The lowest BCUT2D eigenvalue weighted by atomic mass is 9.85. The molecule has 5 rings (SSSR count). The number of hydrogen-bond donors (Lipinski definition) is 1. The van der Waals surface area contributed by atoms with Crippen molar-refractivity contribution in [2.45, 2.75) is 36.2 Å². The fraction of sp³-hybridized carbons (Fsp3) is 0.227. The number of anilines is 1. The zero-order chi connectivity index (χ0) is 22.2. The summed E-state index contributed by atoms with van der Waals surface area (Å²) in [4.78, 5) is 28.1. The molecule has 2 heterocycles. The third-order valence-corrected chi connectivity index (χ3v) is 6.71. The molecule has 32 heavy (non-hydrogen) atoms. The lowest BCUT2D eigenvalue weighted by Gasteiger charge is -2.32. The Kier molecular flexibility index (Phi) is 5.44. The van der Waals surface area contributed by atoms with Gasteiger partial charge in [0.1, 0.15) is 6.04 Å². The number of non-ortho nitro benzene ring substituents is 1. The second kappa shape index (κ2) is 8.40. The van der Waals surface area contributed by atoms with Gasteiger partial charge in [-0.15, -0.1) is 5.10 Å². The molecule has 2 aliphatic rings. The molecule has 1 aliphatic carbocycles. The van der Waals surface area contributed by atoms with E-state index < -0.39 is 11.0 Å². The average Bonchev–Trinajstić information content (AvgIpc) is 3.20. The van der Waals surface area contributed by atoms with Crippen LogP contribution in [0.2, 0.25) is 5.02 Å². The number of thioether (sulfide) groups is 1. The number of rotatable bonds is 5. The Morgan fingerprint density at radius 1 is 1.16 bits per heavy atom. The van der Waals surface area contributed by atoms with E-state index in [1.54, 1.807) is 16.8 Å². The maximum atomic E-state index is 12.9. The highest BCUT2D eigenvalue weighted by Gasteiger charge is 2.37. The predicted molar refractivity (Wildman–Crippen MR) is 122 cm³/mol. The Balaban J connectivity index is 1.49. The summed E-state index contributed by atoms with van der Waals surface area (Å²) in [5, 5.41) is 20.3. The number of carbonyl (C=O) groups excluding carboxylic acids is 1. The molecule has 0 saturated heterocycles. The summed E-state index contributed by atoms with van der Waals surface area (Å²) < 4.78 is 1.72. The fourth-order valence-corrected chi connectivity index (χ4v) is 4.92. The molecule has 0 unspecified atom stereocenters. The Morgan fingerprint density at radius 2 is 1.91 bits per heavy atom. The lowest BCUT2D eigenvalue weighted by Crippen LogP contribution is -2.31. The number of aromatic nitrogens is 3. The molecule has 0 amide bonds. The number of nitrogens with zero attached hydrogens (tertiary/aromatic N) is 4. The standard InChI is InChI=1S/C22H18ClN5O3S/c23-15-8-4-13(5-9-15)12-32-22-25-21-24-17-2-1-3-18(29)19(17)20(27(21)26-22)14-6-10-16(11-7-14)28(30)31/h4-11,20H,1-3,12H2,(H,24,25,26)/t20-/m1/s1. The molecule has 1 N–H and O–H groups in total. The van der Waals surface area contributed by atoms with E-state index >= 15 is 0 Å². The van der Waals surface area contributed by atoms with Crippen molar-refractivity contribution in [2.24, 2.45) is 0 Å². The van der Waals surface area contributed by atoms with Crippen LogP contribution in [-0.4, -0.2) is 25.5 Å². The van der Waals surface area contributed by atoms with Gasteiger partial charge in [-0.1, -0.05) is 35.5 Å². The maximum absolute atomic E-state index is 12.9. The van der Waals surface area contributed by atoms with Crippen LogP contribution in [0.4, 0.5) is 11.6 Å². The Labute approximate surface area is 192 Å². The van der Waals surface area contributed by atoms with Gasteiger partial charge in [-0.05, 0) is 48.2 Å². The van der Waals surface area contributed by atoms with Crippen molar-refractivity contribution in [3.8, 4) is 0 Å². The molecular weight excluding hydrogens is 450 g/mol. The first-order valence-corrected chi connectivity index (χ1v) is 11.5. The molecule has 0 saturated carbocycles. The minimum atomic E-state index is -0.466. The van der Waals surface area contributed by atoms with Gasteiger partial charge in [0.25, 0.3) is 5.69 Å². The summed E-state index contributed by atoms with van der Waals surface area (Å²) in [6.45, 7) is 0. The molecule has 0 bridgehead atoms. The van der Waals surface area contributed by atoms with E-state index in [-0.39, 0.29) is 11.5 Å². The summed E-state index contributed by atoms with van der Waals surface area (Å²) in [6, 6.07) is 13.4. The number of halogens is 1. The smallest absolute Gasteiger partial charge is 0.269 e. The van der Waals surface area contributed by atoms with Gasteiger partial charge in [0, 0.05) is 40.6 Å². The number of fused-ring (bicyclic) bond motifs is 1. The molecule has 0 spiro atoms. The molecule has 1 aliphatic heterocycles. The molecule has 0 fully saturated rings. The van der Waals surface area contributed by atoms with Crippen molar-refractivity contribution in [3.05, 3.63) is 86.1 Å². The van der Waals surface area contributed by atoms with Crippen molar-refractivity contribution in [3.63, 3.8) is 0 Å². The van der Waals surface area contributed by atoms with Gasteiger partial charge in [0.2, 0.25) is 11.1 Å². The van der Waals surface area contributed by atoms with Crippen molar-refractivity contribution in [2.75, 3.05) is 5.32 Å². The minimum Gasteiger partial charge on any atom is -0.328 e. The number of carbonyl (C=O) groups is 1. The van der Waals surface area contributed by atoms with E-state index in [9.17, 15) is 14.9 Å². The molecule has 162 valence electrons. The second-order valence-electron chi connectivity index (χ2n) is 7.62. The van der Waals surface area contributed by atoms with Gasteiger partial charge in [0.15, 0.2) is 5.78 Å². The molecule has 10 heteroatoms. The van der Waals surface area contributed by atoms with E-state index in [0.29, 0.717) is 33.9 Å². The molecule has 1 aromatic heterocycles. The molecular formula is C22H18ClN5O3S. The molecule has 0 radical (unpaired) electrons. The molecule has 3 aromatic rings. The highest BCUT2D eigenvalue weighted by Crippen LogP contribution is 2.41. The number of nitrogens with one attached hydrogen (secondary N) is 1. The van der Waals surface area contributed by atoms with Gasteiger partial charge < -0.3 is 5.32 Å². The number of benzene rings is 2. The first-order chi connectivity index (χ1) is 15.5. The summed E-state index contributed by atoms with van der Waals surface area (Å²) in [5.74, 6) is 1.31. The topological polar surface area (TPSA) is 103 Å². The SMILES string of the molecule is O=C1CCCC2=C1[C@@H](c1ccc([N+](=O)[O-])cc1)n1nc(SCc3ccc(Cl)cc3)nc1N2.